The van der Waals surface area contributed by atoms with Crippen LogP contribution in [0.3, 0.4) is 0 Å². The molecule has 0 atom stereocenters. The number of benzene rings is 2. The predicted molar refractivity (Wildman–Crippen MR) is 114 cm³/mol. The zero-order valence-electron chi connectivity index (χ0n) is 17.3. The van der Waals surface area contributed by atoms with Crippen LogP contribution in [0.2, 0.25) is 0 Å². The molecule has 5 heteroatoms. The first-order valence-electron chi connectivity index (χ1n) is 9.72. The zero-order valence-corrected chi connectivity index (χ0v) is 17.3. The molecule has 0 N–H and O–H groups in total. The lowest BCUT2D eigenvalue weighted by molar-refractivity contribution is 0.0676. The largest absolute Gasteiger partial charge is 0.497 e. The lowest BCUT2D eigenvalue weighted by atomic mass is 10.1. The standard InChI is InChI=1S/C24H28N2O3/c1-19-6-4-7-20(16-19)17-25-13-5-8-22(25)18-26(14-15-28-2)24(27)21-9-11-23(29-3)12-10-21/h4-13,16H,14-15,17-18H2,1-3H3. The van der Waals surface area contributed by atoms with Gasteiger partial charge in [-0.3, -0.25) is 4.79 Å². The molecule has 3 aromatic rings. The molecule has 0 fully saturated rings. The Labute approximate surface area is 172 Å². The fourth-order valence-corrected chi connectivity index (χ4v) is 3.32. The van der Waals surface area contributed by atoms with E-state index in [1.165, 1.54) is 11.1 Å². The van der Waals surface area contributed by atoms with Crippen molar-refractivity contribution in [1.29, 1.82) is 0 Å². The van der Waals surface area contributed by atoms with Gasteiger partial charge in [-0.15, -0.1) is 0 Å². The molecule has 0 bridgehead atoms. The maximum atomic E-state index is 13.1. The van der Waals surface area contributed by atoms with Crippen molar-refractivity contribution in [3.8, 4) is 5.75 Å². The van der Waals surface area contributed by atoms with Crippen LogP contribution in [-0.2, 0) is 17.8 Å². The van der Waals surface area contributed by atoms with E-state index in [9.17, 15) is 4.79 Å². The topological polar surface area (TPSA) is 43.7 Å². The van der Waals surface area contributed by atoms with E-state index < -0.39 is 0 Å². The van der Waals surface area contributed by atoms with Gasteiger partial charge in [0.1, 0.15) is 5.75 Å². The molecule has 5 nitrogen and oxygen atoms in total. The summed E-state index contributed by atoms with van der Waals surface area (Å²) in [5.74, 6) is 0.713. The third-order valence-electron chi connectivity index (χ3n) is 4.90. The van der Waals surface area contributed by atoms with Gasteiger partial charge in [-0.05, 0) is 48.9 Å². The van der Waals surface area contributed by atoms with Crippen molar-refractivity contribution in [2.45, 2.75) is 20.0 Å². The van der Waals surface area contributed by atoms with Crippen molar-refractivity contribution < 1.29 is 14.3 Å². The molecular formula is C24H28N2O3. The van der Waals surface area contributed by atoms with Crippen LogP contribution < -0.4 is 4.74 Å². The molecule has 3 rings (SSSR count). The van der Waals surface area contributed by atoms with Crippen LogP contribution in [0.5, 0.6) is 5.75 Å². The van der Waals surface area contributed by atoms with Crippen molar-refractivity contribution >= 4 is 5.91 Å². The molecule has 152 valence electrons. The first-order chi connectivity index (χ1) is 14.1. The second-order valence-corrected chi connectivity index (χ2v) is 7.06. The number of hydrogen-bond donors (Lipinski definition) is 0. The Hall–Kier alpha value is -3.05. The quantitative estimate of drug-likeness (QED) is 0.550. The minimum Gasteiger partial charge on any atom is -0.497 e. The molecule has 0 radical (unpaired) electrons. The summed E-state index contributed by atoms with van der Waals surface area (Å²) in [6.45, 7) is 4.41. The number of rotatable bonds is 9. The molecule has 0 unspecified atom stereocenters. The number of carbonyl (C=O) groups is 1. The van der Waals surface area contributed by atoms with E-state index in [1.54, 1.807) is 26.4 Å². The third-order valence-corrected chi connectivity index (χ3v) is 4.90. The fourth-order valence-electron chi connectivity index (χ4n) is 3.32. The average Bonchev–Trinajstić information content (AvgIpc) is 3.17. The van der Waals surface area contributed by atoms with E-state index in [-0.39, 0.29) is 5.91 Å². The molecular weight excluding hydrogens is 364 g/mol. The molecule has 0 spiro atoms. The van der Waals surface area contributed by atoms with Gasteiger partial charge in [0, 0.05) is 37.7 Å². The van der Waals surface area contributed by atoms with Gasteiger partial charge in [-0.2, -0.15) is 0 Å². The summed E-state index contributed by atoms with van der Waals surface area (Å²) in [5, 5.41) is 0. The van der Waals surface area contributed by atoms with E-state index in [0.717, 1.165) is 18.0 Å². The number of nitrogens with zero attached hydrogens (tertiary/aromatic N) is 2. The van der Waals surface area contributed by atoms with Gasteiger partial charge in [-0.25, -0.2) is 0 Å². The highest BCUT2D eigenvalue weighted by atomic mass is 16.5. The molecule has 29 heavy (non-hydrogen) atoms. The van der Waals surface area contributed by atoms with Gasteiger partial charge in [0.05, 0.1) is 20.3 Å². The number of amides is 1. The maximum absolute atomic E-state index is 13.1. The van der Waals surface area contributed by atoms with Crippen LogP contribution >= 0.6 is 0 Å². The van der Waals surface area contributed by atoms with Crippen molar-refractivity contribution in [2.75, 3.05) is 27.4 Å². The lowest BCUT2D eigenvalue weighted by Crippen LogP contribution is -2.34. The Kier molecular flexibility index (Phi) is 7.09. The third kappa shape index (κ3) is 5.48. The zero-order chi connectivity index (χ0) is 20.6. The first kappa shape index (κ1) is 20.7. The van der Waals surface area contributed by atoms with Crippen LogP contribution in [0.1, 0.15) is 27.2 Å². The molecule has 2 aromatic carbocycles. The highest BCUT2D eigenvalue weighted by Crippen LogP contribution is 2.16. The average molecular weight is 392 g/mol. The fraction of sp³-hybridized carbons (Fsp3) is 0.292. The second kappa shape index (κ2) is 9.94. The summed E-state index contributed by atoms with van der Waals surface area (Å²) in [5.41, 5.74) is 4.21. The van der Waals surface area contributed by atoms with E-state index in [2.05, 4.69) is 48.0 Å². The second-order valence-electron chi connectivity index (χ2n) is 7.06. The molecule has 0 aliphatic heterocycles. The molecule has 1 amide bonds. The van der Waals surface area contributed by atoms with E-state index >= 15 is 0 Å². The lowest BCUT2D eigenvalue weighted by Gasteiger charge is -2.23. The van der Waals surface area contributed by atoms with Gasteiger partial charge in [0.25, 0.3) is 5.91 Å². The number of carbonyl (C=O) groups excluding carboxylic acids is 1. The van der Waals surface area contributed by atoms with Crippen LogP contribution in [0.4, 0.5) is 0 Å². The van der Waals surface area contributed by atoms with Gasteiger partial charge >= 0.3 is 0 Å². The SMILES string of the molecule is COCCN(Cc1cccn1Cc1cccc(C)c1)C(=O)c1ccc(OC)cc1. The Bertz CT molecular complexity index is 931. The van der Waals surface area contributed by atoms with Crippen LogP contribution in [0.15, 0.2) is 66.9 Å². The summed E-state index contributed by atoms with van der Waals surface area (Å²) in [6.07, 6.45) is 2.06. The molecule has 1 aromatic heterocycles. The highest BCUT2D eigenvalue weighted by Gasteiger charge is 2.18. The Morgan fingerprint density at radius 1 is 1.03 bits per heavy atom. The summed E-state index contributed by atoms with van der Waals surface area (Å²) in [7, 11) is 3.26. The molecule has 1 heterocycles. The smallest absolute Gasteiger partial charge is 0.254 e. The minimum atomic E-state index is -0.0204. The Morgan fingerprint density at radius 3 is 2.52 bits per heavy atom. The minimum absolute atomic E-state index is 0.0204. The van der Waals surface area contributed by atoms with E-state index in [1.807, 2.05) is 23.1 Å². The van der Waals surface area contributed by atoms with E-state index in [0.29, 0.717) is 25.3 Å². The molecule has 0 saturated carbocycles. The van der Waals surface area contributed by atoms with Crippen LogP contribution in [-0.4, -0.2) is 42.7 Å². The Balaban J connectivity index is 1.78. The number of methoxy groups -OCH3 is 2. The molecule has 0 saturated heterocycles. The number of ether oxygens (including phenoxy) is 2. The van der Waals surface area contributed by atoms with Crippen LogP contribution in [0.25, 0.3) is 0 Å². The van der Waals surface area contributed by atoms with Gasteiger partial charge in [-0.1, -0.05) is 29.8 Å². The Morgan fingerprint density at radius 2 is 1.83 bits per heavy atom. The van der Waals surface area contributed by atoms with Crippen molar-refractivity contribution in [3.63, 3.8) is 0 Å². The van der Waals surface area contributed by atoms with E-state index in [4.69, 9.17) is 9.47 Å². The van der Waals surface area contributed by atoms with Crippen molar-refractivity contribution in [3.05, 3.63) is 89.2 Å². The monoisotopic (exact) mass is 392 g/mol. The molecule has 0 aliphatic carbocycles. The van der Waals surface area contributed by atoms with Gasteiger partial charge in [0.15, 0.2) is 0 Å². The van der Waals surface area contributed by atoms with Crippen molar-refractivity contribution in [2.24, 2.45) is 0 Å². The summed E-state index contributed by atoms with van der Waals surface area (Å²) < 4.78 is 12.6. The number of hydrogen-bond acceptors (Lipinski definition) is 3. The normalized spacial score (nSPS) is 10.7. The number of aromatic nitrogens is 1. The van der Waals surface area contributed by atoms with Crippen LogP contribution in [0, 0.1) is 6.92 Å². The maximum Gasteiger partial charge on any atom is 0.254 e. The predicted octanol–water partition coefficient (Wildman–Crippen LogP) is 4.14. The van der Waals surface area contributed by atoms with Gasteiger partial charge in [0.2, 0.25) is 0 Å². The van der Waals surface area contributed by atoms with Gasteiger partial charge < -0.3 is 18.9 Å². The summed E-state index contributed by atoms with van der Waals surface area (Å²) in [4.78, 5) is 14.9. The molecule has 0 aliphatic rings. The number of aryl methyl sites for hydroxylation is 1. The summed E-state index contributed by atoms with van der Waals surface area (Å²) in [6, 6.07) is 19.8. The highest BCUT2D eigenvalue weighted by molar-refractivity contribution is 5.94. The van der Waals surface area contributed by atoms with Crippen molar-refractivity contribution in [1.82, 2.24) is 9.47 Å². The summed E-state index contributed by atoms with van der Waals surface area (Å²) >= 11 is 0. The first-order valence-corrected chi connectivity index (χ1v) is 9.72.